The molecule has 1 amide bonds. The molecular weight excluding hydrogens is 218 g/mol. The third-order valence-corrected chi connectivity index (χ3v) is 2.15. The highest BCUT2D eigenvalue weighted by Gasteiger charge is 2.09. The number of hydrogen-bond donors (Lipinski definition) is 1. The van der Waals surface area contributed by atoms with Crippen LogP contribution in [0, 0.1) is 0 Å². The van der Waals surface area contributed by atoms with Crippen LogP contribution in [0.4, 0.5) is 0 Å². The first-order chi connectivity index (χ1) is 5.63. The molecule has 3 heteroatoms. The zero-order valence-electron chi connectivity index (χ0n) is 6.75. The summed E-state index contributed by atoms with van der Waals surface area (Å²) in [6, 6.07) is 7.31. The van der Waals surface area contributed by atoms with Crippen LogP contribution in [0.1, 0.15) is 27.7 Å². The molecule has 0 bridgehead atoms. The summed E-state index contributed by atoms with van der Waals surface area (Å²) in [7, 11) is 0. The van der Waals surface area contributed by atoms with Gasteiger partial charge in [-0.2, -0.15) is 0 Å². The first-order valence-electron chi connectivity index (χ1n) is 3.65. The topological polar surface area (TPSA) is 43.1 Å². The van der Waals surface area contributed by atoms with E-state index >= 15 is 0 Å². The molecule has 0 aliphatic carbocycles. The van der Waals surface area contributed by atoms with Crippen LogP contribution in [-0.4, -0.2) is 5.91 Å². The monoisotopic (exact) mass is 227 g/mol. The summed E-state index contributed by atoms with van der Waals surface area (Å²) in [5.74, 6) is -0.378. The van der Waals surface area contributed by atoms with Crippen LogP contribution < -0.4 is 5.73 Å². The summed E-state index contributed by atoms with van der Waals surface area (Å²) in [6.45, 7) is 1.96. The molecule has 0 aliphatic heterocycles. The van der Waals surface area contributed by atoms with E-state index < -0.39 is 0 Å². The summed E-state index contributed by atoms with van der Waals surface area (Å²) >= 11 is 3.39. The molecule has 0 saturated carbocycles. The van der Waals surface area contributed by atoms with Crippen molar-refractivity contribution in [3.05, 3.63) is 35.4 Å². The minimum absolute atomic E-state index is 0.154. The SMILES string of the molecule is CC(Br)c1ccccc1C(N)=O. The van der Waals surface area contributed by atoms with Gasteiger partial charge in [0.1, 0.15) is 0 Å². The number of alkyl halides is 1. The maximum Gasteiger partial charge on any atom is 0.249 e. The maximum absolute atomic E-state index is 10.9. The Balaban J connectivity index is 3.17. The van der Waals surface area contributed by atoms with Crippen molar-refractivity contribution in [2.45, 2.75) is 11.8 Å². The maximum atomic E-state index is 10.9. The van der Waals surface area contributed by atoms with Crippen molar-refractivity contribution in [1.82, 2.24) is 0 Å². The molecule has 0 saturated heterocycles. The summed E-state index contributed by atoms with van der Waals surface area (Å²) in [6.07, 6.45) is 0. The zero-order valence-corrected chi connectivity index (χ0v) is 8.34. The van der Waals surface area contributed by atoms with E-state index in [-0.39, 0.29) is 10.7 Å². The largest absolute Gasteiger partial charge is 0.366 e. The van der Waals surface area contributed by atoms with E-state index in [0.29, 0.717) is 5.56 Å². The van der Waals surface area contributed by atoms with E-state index in [1.807, 2.05) is 19.1 Å². The fraction of sp³-hybridized carbons (Fsp3) is 0.222. The van der Waals surface area contributed by atoms with Gasteiger partial charge in [-0.25, -0.2) is 0 Å². The molecule has 0 spiro atoms. The van der Waals surface area contributed by atoms with Gasteiger partial charge < -0.3 is 5.73 Å². The molecule has 2 nitrogen and oxygen atoms in total. The van der Waals surface area contributed by atoms with Crippen LogP contribution in [0.3, 0.4) is 0 Å². The van der Waals surface area contributed by atoms with Crippen LogP contribution in [0.15, 0.2) is 24.3 Å². The van der Waals surface area contributed by atoms with E-state index in [4.69, 9.17) is 5.73 Å². The van der Waals surface area contributed by atoms with Gasteiger partial charge in [0, 0.05) is 10.4 Å². The smallest absolute Gasteiger partial charge is 0.249 e. The van der Waals surface area contributed by atoms with Crippen molar-refractivity contribution in [3.8, 4) is 0 Å². The molecule has 0 heterocycles. The van der Waals surface area contributed by atoms with Crippen LogP contribution in [-0.2, 0) is 0 Å². The Kier molecular flexibility index (Phi) is 2.87. The Morgan fingerprint density at radius 3 is 2.50 bits per heavy atom. The number of carbonyl (C=O) groups excluding carboxylic acids is 1. The number of rotatable bonds is 2. The number of carbonyl (C=O) groups is 1. The van der Waals surface area contributed by atoms with E-state index in [1.165, 1.54) is 0 Å². The molecule has 2 N–H and O–H groups in total. The average molecular weight is 228 g/mol. The summed E-state index contributed by atoms with van der Waals surface area (Å²) in [5.41, 5.74) is 6.71. The molecule has 1 rings (SSSR count). The fourth-order valence-corrected chi connectivity index (χ4v) is 1.47. The normalized spacial score (nSPS) is 12.5. The second-order valence-electron chi connectivity index (χ2n) is 2.57. The highest BCUT2D eigenvalue weighted by molar-refractivity contribution is 9.09. The minimum atomic E-state index is -0.378. The van der Waals surface area contributed by atoms with Crippen molar-refractivity contribution in [3.63, 3.8) is 0 Å². The Labute approximate surface area is 79.9 Å². The first-order valence-corrected chi connectivity index (χ1v) is 4.57. The lowest BCUT2D eigenvalue weighted by Gasteiger charge is -2.07. The predicted octanol–water partition coefficient (Wildman–Crippen LogP) is 2.24. The van der Waals surface area contributed by atoms with Gasteiger partial charge >= 0.3 is 0 Å². The van der Waals surface area contributed by atoms with Gasteiger partial charge in [0.25, 0.3) is 0 Å². The highest BCUT2D eigenvalue weighted by Crippen LogP contribution is 2.24. The minimum Gasteiger partial charge on any atom is -0.366 e. The molecule has 1 atom stereocenters. The van der Waals surface area contributed by atoms with Gasteiger partial charge in [0.2, 0.25) is 5.91 Å². The molecule has 1 aromatic rings. The van der Waals surface area contributed by atoms with Gasteiger partial charge in [0.05, 0.1) is 0 Å². The number of benzene rings is 1. The van der Waals surface area contributed by atoms with E-state index in [2.05, 4.69) is 15.9 Å². The lowest BCUT2D eigenvalue weighted by molar-refractivity contribution is 0.0999. The molecule has 0 aromatic heterocycles. The van der Waals surface area contributed by atoms with Crippen molar-refractivity contribution in [2.75, 3.05) is 0 Å². The number of hydrogen-bond acceptors (Lipinski definition) is 1. The number of halogens is 1. The lowest BCUT2D eigenvalue weighted by Crippen LogP contribution is -2.13. The fourth-order valence-electron chi connectivity index (χ4n) is 1.07. The molecule has 0 fully saturated rings. The average Bonchev–Trinajstić information content (AvgIpc) is 2.04. The van der Waals surface area contributed by atoms with Gasteiger partial charge in [-0.1, -0.05) is 34.1 Å². The third-order valence-electron chi connectivity index (χ3n) is 1.65. The Morgan fingerprint density at radius 1 is 1.50 bits per heavy atom. The lowest BCUT2D eigenvalue weighted by atomic mass is 10.1. The van der Waals surface area contributed by atoms with Gasteiger partial charge in [-0.05, 0) is 18.6 Å². The molecule has 1 unspecified atom stereocenters. The molecule has 0 radical (unpaired) electrons. The van der Waals surface area contributed by atoms with E-state index in [1.54, 1.807) is 12.1 Å². The van der Waals surface area contributed by atoms with Gasteiger partial charge in [-0.3, -0.25) is 4.79 Å². The molecule has 1 aromatic carbocycles. The van der Waals surface area contributed by atoms with Crippen molar-refractivity contribution < 1.29 is 4.79 Å². The first kappa shape index (κ1) is 9.26. The second-order valence-corrected chi connectivity index (χ2v) is 3.94. The quantitative estimate of drug-likeness (QED) is 0.775. The van der Waals surface area contributed by atoms with Crippen molar-refractivity contribution in [1.29, 1.82) is 0 Å². The molecule has 64 valence electrons. The molecule has 12 heavy (non-hydrogen) atoms. The standard InChI is InChI=1S/C9H10BrNO/c1-6(10)7-4-2-3-5-8(7)9(11)12/h2-6H,1H3,(H2,11,12). The second kappa shape index (κ2) is 3.72. The van der Waals surface area contributed by atoms with Crippen LogP contribution in [0.5, 0.6) is 0 Å². The number of nitrogens with two attached hydrogens (primary N) is 1. The zero-order chi connectivity index (χ0) is 9.14. The van der Waals surface area contributed by atoms with Gasteiger partial charge in [0.15, 0.2) is 0 Å². The van der Waals surface area contributed by atoms with Crippen LogP contribution in [0.25, 0.3) is 0 Å². The molecular formula is C9H10BrNO. The number of primary amides is 1. The van der Waals surface area contributed by atoms with E-state index in [9.17, 15) is 4.79 Å². The Bertz CT molecular complexity index is 296. The van der Waals surface area contributed by atoms with Crippen LogP contribution in [0.2, 0.25) is 0 Å². The highest BCUT2D eigenvalue weighted by atomic mass is 79.9. The summed E-state index contributed by atoms with van der Waals surface area (Å²) < 4.78 is 0. The Hall–Kier alpha value is -0.830. The van der Waals surface area contributed by atoms with Crippen molar-refractivity contribution >= 4 is 21.8 Å². The predicted molar refractivity (Wildman–Crippen MR) is 52.3 cm³/mol. The van der Waals surface area contributed by atoms with Crippen molar-refractivity contribution in [2.24, 2.45) is 5.73 Å². The van der Waals surface area contributed by atoms with Gasteiger partial charge in [-0.15, -0.1) is 0 Å². The summed E-state index contributed by atoms with van der Waals surface area (Å²) in [5, 5.41) is 0. The van der Waals surface area contributed by atoms with E-state index in [0.717, 1.165) is 5.56 Å². The number of amides is 1. The third kappa shape index (κ3) is 1.85. The Morgan fingerprint density at radius 2 is 2.08 bits per heavy atom. The molecule has 0 aliphatic rings. The summed E-state index contributed by atoms with van der Waals surface area (Å²) in [4.78, 5) is 11.1. The van der Waals surface area contributed by atoms with Crippen LogP contribution >= 0.6 is 15.9 Å².